The van der Waals surface area contributed by atoms with E-state index in [0.29, 0.717) is 5.49 Å². The molecule has 7 nitrogen and oxygen atoms in total. The van der Waals surface area contributed by atoms with Crippen LogP contribution in [0.4, 0.5) is 5.82 Å². The molecule has 0 bridgehead atoms. The highest BCUT2D eigenvalue weighted by Gasteiger charge is 2.12. The first kappa shape index (κ1) is 12.7. The van der Waals surface area contributed by atoms with Crippen LogP contribution in [0.25, 0.3) is 0 Å². The summed E-state index contributed by atoms with van der Waals surface area (Å²) in [4.78, 5) is 1.16. The summed E-state index contributed by atoms with van der Waals surface area (Å²) in [5, 5.41) is 10.9. The third kappa shape index (κ3) is 3.36. The minimum atomic E-state index is 0.435. The summed E-state index contributed by atoms with van der Waals surface area (Å²) in [6.07, 6.45) is 3.42. The lowest BCUT2D eigenvalue weighted by Crippen LogP contribution is -2.31. The van der Waals surface area contributed by atoms with Crippen molar-refractivity contribution in [1.29, 1.82) is 0 Å². The molecule has 0 spiro atoms. The molecule has 0 aromatic carbocycles. The van der Waals surface area contributed by atoms with Crippen molar-refractivity contribution in [1.82, 2.24) is 9.89 Å². The van der Waals surface area contributed by atoms with Gasteiger partial charge in [0.15, 0.2) is 5.49 Å². The number of nitrogens with two attached hydrogens (primary N) is 2. The Kier molecular flexibility index (Phi) is 4.40. The Hall–Kier alpha value is -1.76. The number of nitrogen functional groups attached to an aromatic ring is 1. The molecule has 0 atom stereocenters. The highest BCUT2D eigenvalue weighted by molar-refractivity contribution is 5.31. The quantitative estimate of drug-likeness (QED) is 0.499. The van der Waals surface area contributed by atoms with Crippen LogP contribution in [-0.2, 0) is 4.74 Å². The summed E-state index contributed by atoms with van der Waals surface area (Å²) in [6.45, 7) is 2.66. The molecule has 1 aliphatic rings. The van der Waals surface area contributed by atoms with Crippen molar-refractivity contribution in [2.24, 2.45) is 16.9 Å². The number of hydrogen-bond donors (Lipinski definition) is 3. The normalized spacial score (nSPS) is 17.9. The second kappa shape index (κ2) is 6.25. The predicted octanol–water partition coefficient (Wildman–Crippen LogP) is -0.400. The Balaban J connectivity index is 1.81. The first-order valence-corrected chi connectivity index (χ1v) is 6.20. The molecule has 2 heterocycles. The monoisotopic (exact) mass is 252 g/mol. The van der Waals surface area contributed by atoms with Crippen molar-refractivity contribution < 1.29 is 4.74 Å². The molecule has 1 aromatic rings. The van der Waals surface area contributed by atoms with E-state index in [4.69, 9.17) is 16.4 Å². The maximum Gasteiger partial charge on any atom is 0.190 e. The fourth-order valence-corrected chi connectivity index (χ4v) is 2.07. The zero-order valence-electron chi connectivity index (χ0n) is 10.4. The number of rotatable bonds is 4. The van der Waals surface area contributed by atoms with E-state index < -0.39 is 0 Å². The Morgan fingerprint density at radius 2 is 2.22 bits per heavy atom. The lowest BCUT2D eigenvalue weighted by atomic mass is 9.97. The van der Waals surface area contributed by atoms with Crippen molar-refractivity contribution >= 4 is 5.82 Å². The van der Waals surface area contributed by atoms with Crippen molar-refractivity contribution in [3.63, 3.8) is 0 Å². The Morgan fingerprint density at radius 1 is 1.44 bits per heavy atom. The molecule has 0 aliphatic carbocycles. The molecule has 0 radical (unpaired) electrons. The summed E-state index contributed by atoms with van der Waals surface area (Å²) in [5.74, 6) is 12.3. The fraction of sp³-hybridized carbons (Fsp3) is 0.636. The molecule has 0 saturated carbocycles. The zero-order chi connectivity index (χ0) is 12.8. The van der Waals surface area contributed by atoms with Crippen LogP contribution in [0.5, 0.6) is 0 Å². The molecular weight excluding hydrogens is 232 g/mol. The first-order valence-electron chi connectivity index (χ1n) is 6.20. The van der Waals surface area contributed by atoms with Gasteiger partial charge in [-0.05, 0) is 37.3 Å². The molecule has 18 heavy (non-hydrogen) atoms. The van der Waals surface area contributed by atoms with E-state index in [9.17, 15) is 0 Å². The maximum atomic E-state index is 5.62. The molecule has 0 amide bonds. The van der Waals surface area contributed by atoms with Crippen LogP contribution >= 0.6 is 0 Å². The first-order chi connectivity index (χ1) is 8.79. The third-order valence-corrected chi connectivity index (χ3v) is 3.17. The molecular formula is C11H20N6O. The highest BCUT2D eigenvalue weighted by atomic mass is 16.5. The second-order valence-electron chi connectivity index (χ2n) is 4.42. The molecule has 1 saturated heterocycles. The van der Waals surface area contributed by atoms with E-state index in [1.54, 1.807) is 6.07 Å². The number of nitrogens with zero attached hydrogens (tertiary/aromatic N) is 3. The fourth-order valence-electron chi connectivity index (χ4n) is 2.07. The molecule has 2 rings (SSSR count). The van der Waals surface area contributed by atoms with E-state index in [1.165, 1.54) is 0 Å². The standard InChI is InChI=1S/C11H20N6O/c12-15-11-2-1-10(16-17(11)13)14-6-3-9-4-7-18-8-5-9/h1-2,9H,3-8,12-13H2,(H,14,16)/b15-11-. The van der Waals surface area contributed by atoms with Crippen LogP contribution < -0.4 is 22.5 Å². The minimum Gasteiger partial charge on any atom is -0.381 e. The SMILES string of the molecule is N/N=c1/ccc(NCCC2CCOCC2)nn1N. The zero-order valence-corrected chi connectivity index (χ0v) is 10.4. The largest absolute Gasteiger partial charge is 0.381 e. The number of nitrogens with one attached hydrogen (secondary N) is 1. The summed E-state index contributed by atoms with van der Waals surface area (Å²) < 4.78 is 5.33. The van der Waals surface area contributed by atoms with Gasteiger partial charge in [-0.2, -0.15) is 9.89 Å². The van der Waals surface area contributed by atoms with Crippen molar-refractivity contribution in [2.45, 2.75) is 19.3 Å². The number of ether oxygens (including phenoxy) is 1. The van der Waals surface area contributed by atoms with E-state index in [-0.39, 0.29) is 0 Å². The molecule has 5 N–H and O–H groups in total. The van der Waals surface area contributed by atoms with Crippen LogP contribution in [0, 0.1) is 5.92 Å². The summed E-state index contributed by atoms with van der Waals surface area (Å²) in [5.41, 5.74) is 0.435. The smallest absolute Gasteiger partial charge is 0.190 e. The Labute approximate surface area is 106 Å². The lowest BCUT2D eigenvalue weighted by molar-refractivity contribution is 0.0649. The van der Waals surface area contributed by atoms with Crippen LogP contribution in [0.1, 0.15) is 19.3 Å². The topological polar surface area (TPSA) is 103 Å². The summed E-state index contributed by atoms with van der Waals surface area (Å²) in [6, 6.07) is 3.54. The van der Waals surface area contributed by atoms with Gasteiger partial charge in [-0.3, -0.25) is 0 Å². The molecule has 7 heteroatoms. The van der Waals surface area contributed by atoms with Gasteiger partial charge in [0.2, 0.25) is 0 Å². The maximum absolute atomic E-state index is 5.62. The third-order valence-electron chi connectivity index (χ3n) is 3.17. The number of anilines is 1. The number of hydrogen-bond acceptors (Lipinski definition) is 6. The second-order valence-corrected chi connectivity index (χ2v) is 4.42. The highest BCUT2D eigenvalue weighted by Crippen LogP contribution is 2.18. The van der Waals surface area contributed by atoms with Gasteiger partial charge in [-0.25, -0.2) is 0 Å². The van der Waals surface area contributed by atoms with Crippen molar-refractivity contribution in [2.75, 3.05) is 30.9 Å². The van der Waals surface area contributed by atoms with Crippen LogP contribution in [-0.4, -0.2) is 29.6 Å². The molecule has 1 aliphatic heterocycles. The van der Waals surface area contributed by atoms with Gasteiger partial charge in [0.05, 0.1) is 0 Å². The summed E-state index contributed by atoms with van der Waals surface area (Å²) in [7, 11) is 0. The Morgan fingerprint density at radius 3 is 2.89 bits per heavy atom. The predicted molar refractivity (Wildman–Crippen MR) is 68.8 cm³/mol. The number of aromatic nitrogens is 2. The lowest BCUT2D eigenvalue weighted by Gasteiger charge is -2.21. The van der Waals surface area contributed by atoms with E-state index >= 15 is 0 Å². The molecule has 0 unspecified atom stereocenters. The van der Waals surface area contributed by atoms with Crippen LogP contribution in [0.3, 0.4) is 0 Å². The van der Waals surface area contributed by atoms with Gasteiger partial charge in [0, 0.05) is 19.8 Å². The van der Waals surface area contributed by atoms with Gasteiger partial charge in [0.25, 0.3) is 0 Å². The summed E-state index contributed by atoms with van der Waals surface area (Å²) >= 11 is 0. The van der Waals surface area contributed by atoms with E-state index in [0.717, 1.165) is 55.5 Å². The van der Waals surface area contributed by atoms with Gasteiger partial charge in [-0.15, -0.1) is 5.10 Å². The average molecular weight is 252 g/mol. The van der Waals surface area contributed by atoms with Gasteiger partial charge < -0.3 is 21.7 Å². The average Bonchev–Trinajstić information content (AvgIpc) is 2.40. The van der Waals surface area contributed by atoms with Crippen LogP contribution in [0.2, 0.25) is 0 Å². The van der Waals surface area contributed by atoms with E-state index in [2.05, 4.69) is 15.5 Å². The van der Waals surface area contributed by atoms with Crippen LogP contribution in [0.15, 0.2) is 17.2 Å². The van der Waals surface area contributed by atoms with Crippen molar-refractivity contribution in [3.05, 3.63) is 17.6 Å². The Bertz CT molecular complexity index is 437. The van der Waals surface area contributed by atoms with E-state index in [1.807, 2.05) is 6.07 Å². The minimum absolute atomic E-state index is 0.435. The molecule has 1 aromatic heterocycles. The van der Waals surface area contributed by atoms with Gasteiger partial charge in [-0.1, -0.05) is 0 Å². The van der Waals surface area contributed by atoms with Gasteiger partial charge in [0.1, 0.15) is 5.82 Å². The van der Waals surface area contributed by atoms with Gasteiger partial charge >= 0.3 is 0 Å². The van der Waals surface area contributed by atoms with Crippen molar-refractivity contribution in [3.8, 4) is 0 Å². The molecule has 1 fully saturated rings. The molecule has 100 valence electrons.